The van der Waals surface area contributed by atoms with Gasteiger partial charge >= 0.3 is 17.9 Å². The van der Waals surface area contributed by atoms with Gasteiger partial charge in [0.15, 0.2) is 5.41 Å². The topological polar surface area (TPSA) is 89.9 Å². The van der Waals surface area contributed by atoms with E-state index in [1.165, 1.54) is 12.1 Å². The van der Waals surface area contributed by atoms with Gasteiger partial charge in [0, 0.05) is 0 Å². The molecule has 0 radical (unpaired) electrons. The van der Waals surface area contributed by atoms with Gasteiger partial charge in [-0.1, -0.05) is 6.07 Å². The molecule has 1 N–H and O–H groups in total. The Balaban J connectivity index is 2.66. The van der Waals surface area contributed by atoms with Crippen molar-refractivity contribution < 1.29 is 33.4 Å². The highest BCUT2D eigenvalue weighted by molar-refractivity contribution is 6.08. The summed E-state index contributed by atoms with van der Waals surface area (Å²) in [4.78, 5) is 37.8. The fraction of sp³-hybridized carbons (Fsp3) is 0.571. The lowest BCUT2D eigenvalue weighted by molar-refractivity contribution is -0.178. The van der Waals surface area contributed by atoms with Gasteiger partial charge in [-0.15, -0.1) is 0 Å². The second kappa shape index (κ2) is 7.18. The SMILES string of the molecule is CC(C)(C)OC(=O)C1(C(=O)OC(C)(C)C)CC(CC(=O)O)c2cc(F)ccc21. The fourth-order valence-electron chi connectivity index (χ4n) is 3.44. The first-order chi connectivity index (χ1) is 12.7. The first-order valence-corrected chi connectivity index (χ1v) is 9.14. The van der Waals surface area contributed by atoms with E-state index in [0.29, 0.717) is 5.56 Å². The van der Waals surface area contributed by atoms with Gasteiger partial charge in [-0.05, 0) is 77.1 Å². The number of aliphatic carboxylic acids is 1. The van der Waals surface area contributed by atoms with Crippen LogP contribution >= 0.6 is 0 Å². The van der Waals surface area contributed by atoms with E-state index in [1.807, 2.05) is 0 Å². The summed E-state index contributed by atoms with van der Waals surface area (Å²) in [6.45, 7) is 10.0. The number of hydrogen-bond donors (Lipinski definition) is 1. The molecule has 6 nitrogen and oxygen atoms in total. The van der Waals surface area contributed by atoms with E-state index in [2.05, 4.69) is 0 Å². The molecule has 1 aliphatic rings. The molecule has 0 fully saturated rings. The summed E-state index contributed by atoms with van der Waals surface area (Å²) >= 11 is 0. The highest BCUT2D eigenvalue weighted by Gasteiger charge is 2.59. The van der Waals surface area contributed by atoms with Crippen LogP contribution in [0.25, 0.3) is 0 Å². The predicted octanol–water partition coefficient (Wildman–Crippen LogP) is 3.71. The maximum atomic E-state index is 13.9. The Hall–Kier alpha value is -2.44. The molecule has 0 heterocycles. The number of carbonyl (C=O) groups is 3. The van der Waals surface area contributed by atoms with Crippen molar-refractivity contribution in [2.24, 2.45) is 0 Å². The van der Waals surface area contributed by atoms with Gasteiger partial charge in [-0.25, -0.2) is 4.39 Å². The fourth-order valence-corrected chi connectivity index (χ4v) is 3.44. The molecule has 0 saturated carbocycles. The molecule has 0 aromatic heterocycles. The zero-order valence-electron chi connectivity index (χ0n) is 17.1. The van der Waals surface area contributed by atoms with Crippen molar-refractivity contribution in [1.82, 2.24) is 0 Å². The number of carbonyl (C=O) groups excluding carboxylic acids is 2. The van der Waals surface area contributed by atoms with Crippen molar-refractivity contribution in [3.63, 3.8) is 0 Å². The molecule has 0 spiro atoms. The minimum Gasteiger partial charge on any atom is -0.481 e. The molecule has 154 valence electrons. The van der Waals surface area contributed by atoms with Crippen molar-refractivity contribution in [2.75, 3.05) is 0 Å². The number of benzene rings is 1. The van der Waals surface area contributed by atoms with Gasteiger partial charge < -0.3 is 14.6 Å². The summed E-state index contributed by atoms with van der Waals surface area (Å²) in [5.74, 6) is -4.05. The van der Waals surface area contributed by atoms with Gasteiger partial charge in [0.05, 0.1) is 6.42 Å². The van der Waals surface area contributed by atoms with Crippen LogP contribution in [0.15, 0.2) is 18.2 Å². The Labute approximate surface area is 164 Å². The summed E-state index contributed by atoms with van der Waals surface area (Å²) < 4.78 is 24.9. The number of ether oxygens (including phenoxy) is 2. The monoisotopic (exact) mass is 394 g/mol. The minimum atomic E-state index is -1.84. The van der Waals surface area contributed by atoms with Crippen LogP contribution in [0.4, 0.5) is 4.39 Å². The van der Waals surface area contributed by atoms with Gasteiger partial charge in [0.25, 0.3) is 0 Å². The minimum absolute atomic E-state index is 0.151. The van der Waals surface area contributed by atoms with Crippen molar-refractivity contribution in [1.29, 1.82) is 0 Å². The molecule has 1 unspecified atom stereocenters. The van der Waals surface area contributed by atoms with E-state index in [-0.39, 0.29) is 18.4 Å². The summed E-state index contributed by atoms with van der Waals surface area (Å²) in [5.41, 5.74) is -3.04. The van der Waals surface area contributed by atoms with E-state index in [0.717, 1.165) is 6.07 Å². The maximum Gasteiger partial charge on any atom is 0.328 e. The zero-order chi connectivity index (χ0) is 21.5. The van der Waals surface area contributed by atoms with Crippen molar-refractivity contribution in [3.05, 3.63) is 35.1 Å². The number of halogens is 1. The smallest absolute Gasteiger partial charge is 0.328 e. The van der Waals surface area contributed by atoms with Crippen LogP contribution in [0.2, 0.25) is 0 Å². The molecule has 1 atom stereocenters. The highest BCUT2D eigenvalue weighted by Crippen LogP contribution is 2.50. The molecule has 1 aliphatic carbocycles. The van der Waals surface area contributed by atoms with Crippen LogP contribution in [0.3, 0.4) is 0 Å². The Morgan fingerprint density at radius 2 is 1.57 bits per heavy atom. The highest BCUT2D eigenvalue weighted by atomic mass is 19.1. The number of fused-ring (bicyclic) bond motifs is 1. The second-order valence-electron chi connectivity index (χ2n) is 9.14. The van der Waals surface area contributed by atoms with E-state index in [9.17, 15) is 23.9 Å². The molecular formula is C21H27FO6. The Morgan fingerprint density at radius 3 is 2.00 bits per heavy atom. The van der Waals surface area contributed by atoms with E-state index < -0.39 is 46.3 Å². The van der Waals surface area contributed by atoms with Crippen LogP contribution in [0, 0.1) is 5.82 Å². The lowest BCUT2D eigenvalue weighted by Crippen LogP contribution is -2.49. The standard InChI is InChI=1S/C21H27FO6/c1-19(2,3)27-17(25)21(18(26)28-20(4,5)6)11-12(9-16(23)24)14-10-13(22)7-8-15(14)21/h7-8,10,12H,9,11H2,1-6H3,(H,23,24). The van der Waals surface area contributed by atoms with Crippen molar-refractivity contribution >= 4 is 17.9 Å². The van der Waals surface area contributed by atoms with Gasteiger partial charge in [-0.2, -0.15) is 0 Å². The summed E-state index contributed by atoms with van der Waals surface area (Å²) in [5, 5.41) is 9.26. The normalized spacial score (nSPS) is 18.3. The number of carboxylic acids is 1. The van der Waals surface area contributed by atoms with E-state index in [1.54, 1.807) is 41.5 Å². The van der Waals surface area contributed by atoms with Crippen molar-refractivity contribution in [2.45, 2.75) is 76.9 Å². The number of esters is 2. The second-order valence-corrected chi connectivity index (χ2v) is 9.14. The van der Waals surface area contributed by atoms with Gasteiger partial charge in [0.2, 0.25) is 0 Å². The third-order valence-corrected chi connectivity index (χ3v) is 4.38. The average Bonchev–Trinajstić information content (AvgIpc) is 2.78. The summed E-state index contributed by atoms with van der Waals surface area (Å²) in [7, 11) is 0. The molecule has 0 saturated heterocycles. The van der Waals surface area contributed by atoms with Crippen LogP contribution < -0.4 is 0 Å². The van der Waals surface area contributed by atoms with Gasteiger partial charge in [-0.3, -0.25) is 14.4 Å². The largest absolute Gasteiger partial charge is 0.481 e. The lowest BCUT2D eigenvalue weighted by atomic mass is 9.80. The van der Waals surface area contributed by atoms with Crippen molar-refractivity contribution in [3.8, 4) is 0 Å². The quantitative estimate of drug-likeness (QED) is 0.618. The number of hydrogen-bond acceptors (Lipinski definition) is 5. The number of rotatable bonds is 4. The Morgan fingerprint density at radius 1 is 1.07 bits per heavy atom. The third-order valence-electron chi connectivity index (χ3n) is 4.38. The molecule has 0 aliphatic heterocycles. The molecule has 2 rings (SSSR count). The first kappa shape index (κ1) is 21.9. The molecule has 7 heteroatoms. The van der Waals surface area contributed by atoms with Crippen LogP contribution in [-0.4, -0.2) is 34.2 Å². The Bertz CT molecular complexity index is 772. The maximum absolute atomic E-state index is 13.9. The zero-order valence-corrected chi connectivity index (χ0v) is 17.1. The average molecular weight is 394 g/mol. The van der Waals surface area contributed by atoms with E-state index in [4.69, 9.17) is 9.47 Å². The first-order valence-electron chi connectivity index (χ1n) is 9.14. The molecule has 0 bridgehead atoms. The predicted molar refractivity (Wildman–Crippen MR) is 99.4 cm³/mol. The molecule has 0 amide bonds. The number of carboxylic acid groups (broad SMARTS) is 1. The van der Waals surface area contributed by atoms with Gasteiger partial charge in [0.1, 0.15) is 17.0 Å². The molecule has 1 aromatic carbocycles. The van der Waals surface area contributed by atoms with Crippen LogP contribution in [-0.2, 0) is 29.3 Å². The van der Waals surface area contributed by atoms with Crippen LogP contribution in [0.1, 0.15) is 71.4 Å². The Kier molecular flexibility index (Phi) is 5.61. The molecular weight excluding hydrogens is 367 g/mol. The summed E-state index contributed by atoms with van der Waals surface area (Å²) in [6, 6.07) is 3.67. The van der Waals surface area contributed by atoms with Crippen LogP contribution in [0.5, 0.6) is 0 Å². The molecule has 28 heavy (non-hydrogen) atoms. The third kappa shape index (κ3) is 4.51. The lowest BCUT2D eigenvalue weighted by Gasteiger charge is -2.33. The van der Waals surface area contributed by atoms with E-state index >= 15 is 0 Å². The molecule has 1 aromatic rings. The summed E-state index contributed by atoms with van der Waals surface area (Å²) in [6.07, 6.45) is -0.494.